The van der Waals surface area contributed by atoms with Crippen LogP contribution in [0.3, 0.4) is 0 Å². The highest BCUT2D eigenvalue weighted by molar-refractivity contribution is 7.87. The van der Waals surface area contributed by atoms with Crippen molar-refractivity contribution in [1.82, 2.24) is 19.7 Å². The van der Waals surface area contributed by atoms with E-state index in [1.54, 1.807) is 13.8 Å². The molecule has 1 heterocycles. The lowest BCUT2D eigenvalue weighted by molar-refractivity contribution is -0.123. The second-order valence-corrected chi connectivity index (χ2v) is 6.25. The van der Waals surface area contributed by atoms with E-state index in [1.165, 1.54) is 4.31 Å². The second kappa shape index (κ2) is 7.03. The zero-order valence-electron chi connectivity index (χ0n) is 10.9. The van der Waals surface area contributed by atoms with E-state index in [4.69, 9.17) is 0 Å². The Morgan fingerprint density at radius 3 is 2.44 bits per heavy atom. The van der Waals surface area contributed by atoms with Crippen molar-refractivity contribution in [1.29, 1.82) is 0 Å². The minimum Gasteiger partial charge on any atom is -0.355 e. The van der Waals surface area contributed by atoms with Crippen molar-refractivity contribution in [2.45, 2.75) is 13.8 Å². The van der Waals surface area contributed by atoms with Crippen LogP contribution in [0.2, 0.25) is 0 Å². The summed E-state index contributed by atoms with van der Waals surface area (Å²) < 4.78 is 27.6. The van der Waals surface area contributed by atoms with E-state index in [-0.39, 0.29) is 18.4 Å². The molecule has 0 aromatic rings. The SMILES string of the molecule is CC(C)C(=O)NCCNS(=O)(=O)N1CCNCC1. The molecule has 3 N–H and O–H groups in total. The number of rotatable bonds is 6. The summed E-state index contributed by atoms with van der Waals surface area (Å²) in [7, 11) is -3.41. The Hall–Kier alpha value is -0.700. The Morgan fingerprint density at radius 1 is 1.28 bits per heavy atom. The molecule has 1 aliphatic rings. The van der Waals surface area contributed by atoms with Gasteiger partial charge in [0.25, 0.3) is 10.2 Å². The topological polar surface area (TPSA) is 90.5 Å². The molecule has 1 rings (SSSR count). The largest absolute Gasteiger partial charge is 0.355 e. The van der Waals surface area contributed by atoms with Gasteiger partial charge in [-0.15, -0.1) is 0 Å². The summed E-state index contributed by atoms with van der Waals surface area (Å²) in [5.74, 6) is -0.161. The first-order valence-electron chi connectivity index (χ1n) is 6.16. The van der Waals surface area contributed by atoms with Crippen LogP contribution in [0.1, 0.15) is 13.8 Å². The summed E-state index contributed by atoms with van der Waals surface area (Å²) in [6.45, 7) is 6.41. The smallest absolute Gasteiger partial charge is 0.279 e. The standard InChI is InChI=1S/C10H22N4O3S/c1-9(2)10(15)12-3-4-13-18(16,17)14-7-5-11-6-8-14/h9,11,13H,3-8H2,1-2H3,(H,12,15). The Kier molecular flexibility index (Phi) is 6.00. The molecule has 7 nitrogen and oxygen atoms in total. The van der Waals surface area contributed by atoms with Gasteiger partial charge in [-0.25, -0.2) is 4.72 Å². The van der Waals surface area contributed by atoms with Crippen molar-refractivity contribution in [3.8, 4) is 0 Å². The predicted molar refractivity (Wildman–Crippen MR) is 69.2 cm³/mol. The quantitative estimate of drug-likeness (QED) is 0.516. The number of hydrogen-bond acceptors (Lipinski definition) is 4. The van der Waals surface area contributed by atoms with E-state index >= 15 is 0 Å². The van der Waals surface area contributed by atoms with Crippen LogP contribution in [0.25, 0.3) is 0 Å². The summed E-state index contributed by atoms with van der Waals surface area (Å²) in [6.07, 6.45) is 0. The monoisotopic (exact) mass is 278 g/mol. The summed E-state index contributed by atoms with van der Waals surface area (Å²) in [5.41, 5.74) is 0. The first-order chi connectivity index (χ1) is 8.43. The average molecular weight is 278 g/mol. The van der Waals surface area contributed by atoms with Crippen LogP contribution in [-0.2, 0) is 15.0 Å². The van der Waals surface area contributed by atoms with Gasteiger partial charge in [-0.3, -0.25) is 4.79 Å². The summed E-state index contributed by atoms with van der Waals surface area (Å²) >= 11 is 0. The highest BCUT2D eigenvalue weighted by atomic mass is 32.2. The van der Waals surface area contributed by atoms with Crippen molar-refractivity contribution in [3.05, 3.63) is 0 Å². The first-order valence-corrected chi connectivity index (χ1v) is 7.60. The molecule has 0 aromatic carbocycles. The fourth-order valence-electron chi connectivity index (χ4n) is 1.55. The molecule has 0 unspecified atom stereocenters. The van der Waals surface area contributed by atoms with E-state index < -0.39 is 10.2 Å². The number of piperazine rings is 1. The van der Waals surface area contributed by atoms with Crippen LogP contribution < -0.4 is 15.4 Å². The van der Waals surface area contributed by atoms with E-state index in [0.717, 1.165) is 0 Å². The molecule has 0 aliphatic carbocycles. The van der Waals surface area contributed by atoms with Gasteiger partial charge in [0, 0.05) is 45.2 Å². The number of carbonyl (C=O) groups is 1. The molecule has 0 bridgehead atoms. The van der Waals surface area contributed by atoms with Gasteiger partial charge in [0.2, 0.25) is 5.91 Å². The van der Waals surface area contributed by atoms with Gasteiger partial charge < -0.3 is 10.6 Å². The van der Waals surface area contributed by atoms with Crippen LogP contribution in [0.5, 0.6) is 0 Å². The summed E-state index contributed by atoms with van der Waals surface area (Å²) in [6, 6.07) is 0. The molecule has 1 saturated heterocycles. The molecule has 1 fully saturated rings. The van der Waals surface area contributed by atoms with Crippen molar-refractivity contribution in [2.75, 3.05) is 39.3 Å². The predicted octanol–water partition coefficient (Wildman–Crippen LogP) is -1.50. The number of nitrogens with zero attached hydrogens (tertiary/aromatic N) is 1. The van der Waals surface area contributed by atoms with E-state index in [0.29, 0.717) is 32.7 Å². The lowest BCUT2D eigenvalue weighted by Gasteiger charge is -2.26. The van der Waals surface area contributed by atoms with Gasteiger partial charge >= 0.3 is 0 Å². The highest BCUT2D eigenvalue weighted by Gasteiger charge is 2.22. The Labute approximate surface area is 108 Å². The molecule has 18 heavy (non-hydrogen) atoms. The molecular weight excluding hydrogens is 256 g/mol. The second-order valence-electron chi connectivity index (χ2n) is 4.49. The van der Waals surface area contributed by atoms with Crippen molar-refractivity contribution < 1.29 is 13.2 Å². The molecular formula is C10H22N4O3S. The fraction of sp³-hybridized carbons (Fsp3) is 0.900. The van der Waals surface area contributed by atoms with Crippen molar-refractivity contribution in [3.63, 3.8) is 0 Å². The third kappa shape index (κ3) is 4.89. The number of hydrogen-bond donors (Lipinski definition) is 3. The molecule has 1 amide bonds. The van der Waals surface area contributed by atoms with Crippen LogP contribution >= 0.6 is 0 Å². The lowest BCUT2D eigenvalue weighted by Crippen LogP contribution is -2.51. The Bertz CT molecular complexity index is 363. The van der Waals surface area contributed by atoms with E-state index in [9.17, 15) is 13.2 Å². The molecule has 1 aliphatic heterocycles. The molecule has 0 saturated carbocycles. The minimum absolute atomic E-state index is 0.0728. The maximum absolute atomic E-state index is 11.8. The van der Waals surface area contributed by atoms with Gasteiger partial charge in [-0.1, -0.05) is 13.8 Å². The van der Waals surface area contributed by atoms with E-state index in [1.807, 2.05) is 0 Å². The van der Waals surface area contributed by atoms with Crippen LogP contribution in [0.15, 0.2) is 0 Å². The van der Waals surface area contributed by atoms with E-state index in [2.05, 4.69) is 15.4 Å². The zero-order chi connectivity index (χ0) is 13.6. The molecule has 106 valence electrons. The molecule has 0 atom stereocenters. The summed E-state index contributed by atoms with van der Waals surface area (Å²) in [4.78, 5) is 11.3. The first kappa shape index (κ1) is 15.4. The average Bonchev–Trinajstić information content (AvgIpc) is 2.35. The maximum Gasteiger partial charge on any atom is 0.279 e. The molecule has 8 heteroatoms. The number of nitrogens with one attached hydrogen (secondary N) is 3. The van der Waals surface area contributed by atoms with Gasteiger partial charge in [-0.2, -0.15) is 12.7 Å². The molecule has 0 spiro atoms. The Morgan fingerprint density at radius 2 is 1.89 bits per heavy atom. The summed E-state index contributed by atoms with van der Waals surface area (Å²) in [5, 5.41) is 5.75. The zero-order valence-corrected chi connectivity index (χ0v) is 11.7. The van der Waals surface area contributed by atoms with Crippen LogP contribution in [0.4, 0.5) is 0 Å². The maximum atomic E-state index is 11.8. The normalized spacial score (nSPS) is 17.9. The van der Waals surface area contributed by atoms with Crippen LogP contribution in [0, 0.1) is 5.92 Å². The third-order valence-corrected chi connectivity index (χ3v) is 4.26. The molecule has 0 aromatic heterocycles. The van der Waals surface area contributed by atoms with Gasteiger partial charge in [0.1, 0.15) is 0 Å². The lowest BCUT2D eigenvalue weighted by atomic mass is 10.2. The fourth-order valence-corrected chi connectivity index (χ4v) is 2.75. The van der Waals surface area contributed by atoms with Crippen molar-refractivity contribution >= 4 is 16.1 Å². The number of carbonyl (C=O) groups excluding carboxylic acids is 1. The minimum atomic E-state index is -3.41. The third-order valence-electron chi connectivity index (χ3n) is 2.65. The van der Waals surface area contributed by atoms with Gasteiger partial charge in [0.05, 0.1) is 0 Å². The van der Waals surface area contributed by atoms with Crippen LogP contribution in [-0.4, -0.2) is 57.9 Å². The Balaban J connectivity index is 2.27. The van der Waals surface area contributed by atoms with Gasteiger partial charge in [0.15, 0.2) is 0 Å². The van der Waals surface area contributed by atoms with Crippen molar-refractivity contribution in [2.24, 2.45) is 5.92 Å². The number of amides is 1. The molecule has 0 radical (unpaired) electrons. The van der Waals surface area contributed by atoms with Gasteiger partial charge in [-0.05, 0) is 0 Å². The highest BCUT2D eigenvalue weighted by Crippen LogP contribution is 1.99.